The number of nitrogens with one attached hydrogen (secondary N) is 1. The Balaban J connectivity index is 1.38. The second kappa shape index (κ2) is 10.1. The number of aromatic nitrogens is 3. The van der Waals surface area contributed by atoms with Crippen LogP contribution in [-0.4, -0.2) is 51.5 Å². The Morgan fingerprint density at radius 3 is 2.51 bits per heavy atom. The smallest absolute Gasteiger partial charge is 0.242 e. The molecular weight excluding hydrogens is 440 g/mol. The van der Waals surface area contributed by atoms with Gasteiger partial charge in [-0.15, -0.1) is 0 Å². The number of hydrogen-bond acceptors (Lipinski definition) is 6. The number of carbonyl (C=O) groups excluding carboxylic acids is 1. The largest absolute Gasteiger partial charge is 0.457 e. The summed E-state index contributed by atoms with van der Waals surface area (Å²) in [5, 5.41) is 3.81. The summed E-state index contributed by atoms with van der Waals surface area (Å²) in [5.74, 6) is 1.85. The molecule has 1 fully saturated rings. The first-order valence-electron chi connectivity index (χ1n) is 12.0. The van der Waals surface area contributed by atoms with Crippen LogP contribution >= 0.6 is 0 Å². The highest BCUT2D eigenvalue weighted by molar-refractivity contribution is 6.01. The summed E-state index contributed by atoms with van der Waals surface area (Å²) in [6, 6.07) is 17.0. The van der Waals surface area contributed by atoms with Crippen LogP contribution < -0.4 is 15.8 Å². The van der Waals surface area contributed by atoms with Crippen LogP contribution in [0, 0.1) is 0 Å². The number of hydrogen-bond donors (Lipinski definition) is 2. The molecule has 2 aromatic heterocycles. The highest BCUT2D eigenvalue weighted by Gasteiger charge is 2.22. The maximum absolute atomic E-state index is 13.0. The van der Waals surface area contributed by atoms with Crippen LogP contribution in [0.1, 0.15) is 25.8 Å². The first-order valence-corrected chi connectivity index (χ1v) is 12.0. The predicted molar refractivity (Wildman–Crippen MR) is 137 cm³/mol. The first kappa shape index (κ1) is 22.9. The van der Waals surface area contributed by atoms with E-state index in [4.69, 9.17) is 10.5 Å². The van der Waals surface area contributed by atoms with Crippen molar-refractivity contribution in [3.63, 3.8) is 0 Å². The van der Waals surface area contributed by atoms with E-state index in [9.17, 15) is 4.79 Å². The number of anilines is 1. The van der Waals surface area contributed by atoms with Gasteiger partial charge in [0.25, 0.3) is 0 Å². The monoisotopic (exact) mass is 470 g/mol. The van der Waals surface area contributed by atoms with Crippen LogP contribution in [0.4, 0.5) is 5.82 Å². The van der Waals surface area contributed by atoms with Crippen LogP contribution in [0.25, 0.3) is 22.2 Å². The number of carbonyl (C=O) groups is 1. The number of nitrogens with two attached hydrogens (primary N) is 1. The standard InChI is InChI=1S/C27H30N6O2/c1-19(27(34)29-13-16-32-14-5-6-15-32)33-17-23(24-25(28)30-18-31-26(24)33)20-9-11-22(12-10-20)35-21-7-3-2-4-8-21/h2-4,7-12,17-19H,5-6,13-16H2,1H3,(H,29,34)(H2,28,30,31). The minimum Gasteiger partial charge on any atom is -0.457 e. The number of likely N-dealkylation sites (tertiary alicyclic amines) is 1. The molecule has 1 aliphatic rings. The molecule has 3 heterocycles. The van der Waals surface area contributed by atoms with Gasteiger partial charge >= 0.3 is 0 Å². The summed E-state index contributed by atoms with van der Waals surface area (Å²) < 4.78 is 7.80. The lowest BCUT2D eigenvalue weighted by molar-refractivity contribution is -0.123. The van der Waals surface area contributed by atoms with Crippen molar-refractivity contribution in [2.45, 2.75) is 25.8 Å². The molecule has 35 heavy (non-hydrogen) atoms. The fourth-order valence-corrected chi connectivity index (χ4v) is 4.57. The maximum atomic E-state index is 13.0. The predicted octanol–water partition coefficient (Wildman–Crippen LogP) is 4.25. The Morgan fingerprint density at radius 1 is 1.06 bits per heavy atom. The van der Waals surface area contributed by atoms with Gasteiger partial charge in [-0.05, 0) is 62.7 Å². The zero-order chi connectivity index (χ0) is 24.2. The third-order valence-corrected chi connectivity index (χ3v) is 6.51. The molecule has 1 amide bonds. The molecule has 1 saturated heterocycles. The Kier molecular flexibility index (Phi) is 6.63. The number of ether oxygens (including phenoxy) is 1. The van der Waals surface area contributed by atoms with Crippen molar-refractivity contribution in [1.82, 2.24) is 24.8 Å². The lowest BCUT2D eigenvalue weighted by atomic mass is 10.1. The van der Waals surface area contributed by atoms with Gasteiger partial charge in [0, 0.05) is 24.8 Å². The van der Waals surface area contributed by atoms with E-state index in [1.54, 1.807) is 0 Å². The number of para-hydroxylation sites is 1. The summed E-state index contributed by atoms with van der Waals surface area (Å²) >= 11 is 0. The van der Waals surface area contributed by atoms with E-state index in [0.717, 1.165) is 47.6 Å². The Morgan fingerprint density at radius 2 is 1.77 bits per heavy atom. The first-order chi connectivity index (χ1) is 17.1. The van der Waals surface area contributed by atoms with Gasteiger partial charge in [-0.1, -0.05) is 30.3 Å². The number of rotatable bonds is 8. The number of benzene rings is 2. The molecule has 0 radical (unpaired) electrons. The molecule has 4 aromatic rings. The molecule has 3 N–H and O–H groups in total. The molecule has 1 aliphatic heterocycles. The van der Waals surface area contributed by atoms with Crippen molar-refractivity contribution in [3.8, 4) is 22.6 Å². The molecule has 8 heteroatoms. The summed E-state index contributed by atoms with van der Waals surface area (Å²) in [5.41, 5.74) is 8.73. The number of nitrogens with zero attached hydrogens (tertiary/aromatic N) is 4. The van der Waals surface area contributed by atoms with Gasteiger partial charge in [-0.2, -0.15) is 0 Å². The average Bonchev–Trinajstić information content (AvgIpc) is 3.54. The van der Waals surface area contributed by atoms with Gasteiger partial charge in [0.05, 0.1) is 5.39 Å². The van der Waals surface area contributed by atoms with Crippen LogP contribution in [0.15, 0.2) is 67.1 Å². The van der Waals surface area contributed by atoms with E-state index in [1.807, 2.05) is 72.3 Å². The second-order valence-electron chi connectivity index (χ2n) is 8.86. The molecule has 2 aromatic carbocycles. The molecule has 0 aliphatic carbocycles. The molecule has 0 bridgehead atoms. The molecule has 0 saturated carbocycles. The molecule has 1 unspecified atom stereocenters. The van der Waals surface area contributed by atoms with Gasteiger partial charge in [-0.3, -0.25) is 4.79 Å². The Labute approximate surface area is 204 Å². The Bertz CT molecular complexity index is 1300. The third-order valence-electron chi connectivity index (χ3n) is 6.51. The van der Waals surface area contributed by atoms with E-state index >= 15 is 0 Å². The third kappa shape index (κ3) is 4.97. The molecule has 180 valence electrons. The van der Waals surface area contributed by atoms with Crippen molar-refractivity contribution in [3.05, 3.63) is 67.1 Å². The summed E-state index contributed by atoms with van der Waals surface area (Å²) in [4.78, 5) is 24.0. The van der Waals surface area contributed by atoms with E-state index in [0.29, 0.717) is 18.0 Å². The zero-order valence-electron chi connectivity index (χ0n) is 19.9. The number of amides is 1. The van der Waals surface area contributed by atoms with Crippen LogP contribution in [0.2, 0.25) is 0 Å². The summed E-state index contributed by atoms with van der Waals surface area (Å²) in [6.07, 6.45) is 5.85. The summed E-state index contributed by atoms with van der Waals surface area (Å²) in [6.45, 7) is 5.62. The SMILES string of the molecule is CC(C(=O)NCCN1CCCC1)n1cc(-c2ccc(Oc3ccccc3)cc2)c2c(N)ncnc21. The second-order valence-corrected chi connectivity index (χ2v) is 8.86. The lowest BCUT2D eigenvalue weighted by Gasteiger charge is -2.18. The van der Waals surface area contributed by atoms with Crippen molar-refractivity contribution >= 4 is 22.8 Å². The zero-order valence-corrected chi connectivity index (χ0v) is 19.9. The van der Waals surface area contributed by atoms with Gasteiger partial charge in [0.15, 0.2) is 0 Å². The minimum absolute atomic E-state index is 0.0450. The number of fused-ring (bicyclic) bond motifs is 1. The van der Waals surface area contributed by atoms with Crippen molar-refractivity contribution < 1.29 is 9.53 Å². The lowest BCUT2D eigenvalue weighted by Crippen LogP contribution is -2.36. The van der Waals surface area contributed by atoms with Gasteiger partial charge in [0.1, 0.15) is 35.3 Å². The summed E-state index contributed by atoms with van der Waals surface area (Å²) in [7, 11) is 0. The van der Waals surface area contributed by atoms with Crippen molar-refractivity contribution in [2.24, 2.45) is 0 Å². The normalized spacial score (nSPS) is 14.8. The van der Waals surface area contributed by atoms with Gasteiger partial charge < -0.3 is 25.3 Å². The average molecular weight is 471 g/mol. The molecule has 8 nitrogen and oxygen atoms in total. The van der Waals surface area contributed by atoms with Crippen LogP contribution in [-0.2, 0) is 4.79 Å². The molecule has 1 atom stereocenters. The fourth-order valence-electron chi connectivity index (χ4n) is 4.57. The molecular formula is C27H30N6O2. The van der Waals surface area contributed by atoms with Crippen molar-refractivity contribution in [1.29, 1.82) is 0 Å². The van der Waals surface area contributed by atoms with Gasteiger partial charge in [0.2, 0.25) is 5.91 Å². The number of nitrogen functional groups attached to an aromatic ring is 1. The van der Waals surface area contributed by atoms with Crippen LogP contribution in [0.3, 0.4) is 0 Å². The van der Waals surface area contributed by atoms with Gasteiger partial charge in [-0.25, -0.2) is 9.97 Å². The highest BCUT2D eigenvalue weighted by atomic mass is 16.5. The maximum Gasteiger partial charge on any atom is 0.242 e. The van der Waals surface area contributed by atoms with E-state index in [1.165, 1.54) is 19.2 Å². The molecule has 5 rings (SSSR count). The highest BCUT2D eigenvalue weighted by Crippen LogP contribution is 2.35. The minimum atomic E-state index is -0.445. The van der Waals surface area contributed by atoms with Crippen LogP contribution in [0.5, 0.6) is 11.5 Å². The van der Waals surface area contributed by atoms with E-state index in [2.05, 4.69) is 20.2 Å². The Hall–Kier alpha value is -3.91. The van der Waals surface area contributed by atoms with Crippen molar-refractivity contribution in [2.75, 3.05) is 31.9 Å². The quantitative estimate of drug-likeness (QED) is 0.400. The molecule has 0 spiro atoms. The fraction of sp³-hybridized carbons (Fsp3) is 0.296. The topological polar surface area (TPSA) is 98.3 Å². The van der Waals surface area contributed by atoms with E-state index < -0.39 is 6.04 Å². The van der Waals surface area contributed by atoms with E-state index in [-0.39, 0.29) is 5.91 Å².